The highest BCUT2D eigenvalue weighted by Gasteiger charge is 2.29. The lowest BCUT2D eigenvalue weighted by atomic mass is 9.82. The quantitative estimate of drug-likeness (QED) is 0.584. The highest BCUT2D eigenvalue weighted by Crippen LogP contribution is 2.26. The Balaban J connectivity index is 2.02. The zero-order valence-corrected chi connectivity index (χ0v) is 18.6. The number of hydrogen-bond donors (Lipinski definition) is 3. The van der Waals surface area contributed by atoms with Gasteiger partial charge < -0.3 is 15.5 Å². The van der Waals surface area contributed by atoms with Gasteiger partial charge in [-0.15, -0.1) is 0 Å². The van der Waals surface area contributed by atoms with Crippen molar-refractivity contribution in [3.05, 3.63) is 29.8 Å². The number of phenolic OH excluding ortho intramolecular Hbond substituents is 1. The van der Waals surface area contributed by atoms with Crippen LogP contribution in [0.2, 0.25) is 0 Å². The summed E-state index contributed by atoms with van der Waals surface area (Å²) >= 11 is 0. The monoisotopic (exact) mass is 431 g/mol. The second kappa shape index (κ2) is 13.1. The molecule has 1 aromatic carbocycles. The van der Waals surface area contributed by atoms with Crippen LogP contribution in [0.3, 0.4) is 0 Å². The molecule has 3 atom stereocenters. The number of Topliss-reactive ketones (excluding diaryl/α,β-unsaturated/α-hetero) is 1. The molecular weight excluding hydrogens is 394 g/mol. The Kier molecular flexibility index (Phi) is 10.5. The summed E-state index contributed by atoms with van der Waals surface area (Å²) in [6.07, 6.45) is 10.4. The molecule has 1 amide bonds. The van der Waals surface area contributed by atoms with Crippen molar-refractivity contribution in [3.8, 4) is 5.75 Å². The van der Waals surface area contributed by atoms with Gasteiger partial charge in [-0.2, -0.15) is 0 Å². The first kappa shape index (κ1) is 24.9. The lowest BCUT2D eigenvalue weighted by Gasteiger charge is -2.23. The lowest BCUT2D eigenvalue weighted by Crippen LogP contribution is -2.43. The summed E-state index contributed by atoms with van der Waals surface area (Å²) in [5.41, 5.74) is 0.707. The van der Waals surface area contributed by atoms with Gasteiger partial charge in [0.2, 0.25) is 5.91 Å². The molecule has 1 unspecified atom stereocenters. The molecule has 2 rings (SSSR count). The lowest BCUT2D eigenvalue weighted by molar-refractivity contribution is -0.142. The second-order valence-corrected chi connectivity index (χ2v) is 8.79. The average Bonchev–Trinajstić information content (AvgIpc) is 2.74. The fourth-order valence-corrected chi connectivity index (χ4v) is 4.44. The van der Waals surface area contributed by atoms with Crippen molar-refractivity contribution in [1.29, 1.82) is 0 Å². The third-order valence-corrected chi connectivity index (χ3v) is 6.34. The SMILES string of the molecule is CC[C@H]1CCCCCCCCCC(CC(=O)N[C@@H](Cc2ccc(O)cc2)C(=O)O)C1=O. The van der Waals surface area contributed by atoms with E-state index in [9.17, 15) is 24.6 Å². The van der Waals surface area contributed by atoms with Crippen LogP contribution in [0.4, 0.5) is 0 Å². The van der Waals surface area contributed by atoms with Crippen molar-refractivity contribution in [2.45, 2.75) is 90.0 Å². The molecule has 1 saturated carbocycles. The first-order valence-corrected chi connectivity index (χ1v) is 11.7. The fourth-order valence-electron chi connectivity index (χ4n) is 4.44. The molecule has 0 bridgehead atoms. The van der Waals surface area contributed by atoms with E-state index in [4.69, 9.17) is 0 Å². The maximum Gasteiger partial charge on any atom is 0.326 e. The average molecular weight is 432 g/mol. The van der Waals surface area contributed by atoms with E-state index in [1.165, 1.54) is 25.0 Å². The van der Waals surface area contributed by atoms with Crippen LogP contribution in [-0.4, -0.2) is 33.9 Å². The van der Waals surface area contributed by atoms with Crippen LogP contribution in [0.1, 0.15) is 83.1 Å². The zero-order valence-electron chi connectivity index (χ0n) is 18.6. The molecule has 0 saturated heterocycles. The molecule has 3 N–H and O–H groups in total. The van der Waals surface area contributed by atoms with Gasteiger partial charge in [0.15, 0.2) is 0 Å². The molecule has 0 radical (unpaired) electrons. The maximum atomic E-state index is 13.2. The van der Waals surface area contributed by atoms with Gasteiger partial charge in [-0.1, -0.05) is 64.0 Å². The van der Waals surface area contributed by atoms with Crippen molar-refractivity contribution in [3.63, 3.8) is 0 Å². The Morgan fingerprint density at radius 3 is 2.06 bits per heavy atom. The van der Waals surface area contributed by atoms with E-state index >= 15 is 0 Å². The molecule has 1 aromatic rings. The molecule has 172 valence electrons. The third-order valence-electron chi connectivity index (χ3n) is 6.34. The largest absolute Gasteiger partial charge is 0.508 e. The summed E-state index contributed by atoms with van der Waals surface area (Å²) in [5.74, 6) is -1.57. The normalized spacial score (nSPS) is 22.0. The Bertz CT molecular complexity index is 715. The molecule has 6 nitrogen and oxygen atoms in total. The van der Waals surface area contributed by atoms with Gasteiger partial charge in [0.05, 0.1) is 0 Å². The molecule has 6 heteroatoms. The number of benzene rings is 1. The van der Waals surface area contributed by atoms with Crippen LogP contribution < -0.4 is 5.32 Å². The van der Waals surface area contributed by atoms with Crippen molar-refractivity contribution < 1.29 is 24.6 Å². The van der Waals surface area contributed by atoms with E-state index in [2.05, 4.69) is 5.32 Å². The summed E-state index contributed by atoms with van der Waals surface area (Å²) < 4.78 is 0. The number of carboxylic acid groups (broad SMARTS) is 1. The minimum atomic E-state index is -1.11. The van der Waals surface area contributed by atoms with Gasteiger partial charge in [-0.25, -0.2) is 4.79 Å². The molecule has 0 aromatic heterocycles. The van der Waals surface area contributed by atoms with Crippen LogP contribution in [0.25, 0.3) is 0 Å². The number of hydrogen-bond acceptors (Lipinski definition) is 4. The molecule has 31 heavy (non-hydrogen) atoms. The van der Waals surface area contributed by atoms with Gasteiger partial charge in [0, 0.05) is 24.7 Å². The van der Waals surface area contributed by atoms with Crippen molar-refractivity contribution in [1.82, 2.24) is 5.32 Å². The number of amides is 1. The minimum absolute atomic E-state index is 0.00973. The van der Waals surface area contributed by atoms with E-state index in [1.807, 2.05) is 6.92 Å². The van der Waals surface area contributed by atoms with Crippen molar-refractivity contribution in [2.75, 3.05) is 0 Å². The van der Waals surface area contributed by atoms with E-state index in [0.29, 0.717) is 12.0 Å². The molecule has 0 aliphatic heterocycles. The molecule has 1 aliphatic rings. The number of aliphatic carboxylic acids is 1. The van der Waals surface area contributed by atoms with Gasteiger partial charge in [-0.3, -0.25) is 9.59 Å². The first-order valence-electron chi connectivity index (χ1n) is 11.7. The maximum absolute atomic E-state index is 13.2. The standard InChI is InChI=1S/C25H37NO5/c1-2-19-10-8-6-4-3-5-7-9-11-20(24(19)29)17-23(28)26-22(25(30)31)16-18-12-14-21(27)15-13-18/h12-15,19-20,22,27H,2-11,16-17H2,1H3,(H,26,28)(H,30,31)/t19-,20?,22-/m0/s1. The Labute approximate surface area is 185 Å². The van der Waals surface area contributed by atoms with Gasteiger partial charge in [-0.05, 0) is 37.0 Å². The summed E-state index contributed by atoms with van der Waals surface area (Å²) in [7, 11) is 0. The smallest absolute Gasteiger partial charge is 0.326 e. The highest BCUT2D eigenvalue weighted by molar-refractivity contribution is 5.90. The van der Waals surface area contributed by atoms with Crippen LogP contribution >= 0.6 is 0 Å². The number of nitrogens with one attached hydrogen (secondary N) is 1. The van der Waals surface area contributed by atoms with Crippen LogP contribution in [0.5, 0.6) is 5.75 Å². The minimum Gasteiger partial charge on any atom is -0.508 e. The molecular formula is C25H37NO5. The zero-order chi connectivity index (χ0) is 22.6. The Morgan fingerprint density at radius 1 is 0.968 bits per heavy atom. The third kappa shape index (κ3) is 8.72. The molecule has 0 heterocycles. The predicted octanol–water partition coefficient (Wildman–Crippen LogP) is 4.63. The number of aromatic hydroxyl groups is 1. The molecule has 1 aliphatic carbocycles. The van der Waals surface area contributed by atoms with E-state index in [1.54, 1.807) is 12.1 Å². The number of carbonyl (C=O) groups is 3. The topological polar surface area (TPSA) is 104 Å². The van der Waals surface area contributed by atoms with E-state index in [0.717, 1.165) is 44.9 Å². The summed E-state index contributed by atoms with van der Waals surface area (Å²) in [6.45, 7) is 2.03. The molecule has 1 fully saturated rings. The number of ketones is 1. The van der Waals surface area contributed by atoms with Gasteiger partial charge >= 0.3 is 5.97 Å². The number of rotatable bonds is 7. The van der Waals surface area contributed by atoms with Gasteiger partial charge in [0.25, 0.3) is 0 Å². The highest BCUT2D eigenvalue weighted by atomic mass is 16.4. The van der Waals surface area contributed by atoms with Gasteiger partial charge in [0.1, 0.15) is 17.6 Å². The van der Waals surface area contributed by atoms with Crippen LogP contribution in [-0.2, 0) is 20.8 Å². The first-order chi connectivity index (χ1) is 14.9. The van der Waals surface area contributed by atoms with E-state index in [-0.39, 0.29) is 42.1 Å². The summed E-state index contributed by atoms with van der Waals surface area (Å²) in [6, 6.07) is 5.19. The Hall–Kier alpha value is -2.37. The Morgan fingerprint density at radius 2 is 1.52 bits per heavy atom. The number of carbonyl (C=O) groups excluding carboxylic acids is 2. The number of carboxylic acids is 1. The van der Waals surface area contributed by atoms with Crippen LogP contribution in [0.15, 0.2) is 24.3 Å². The second-order valence-electron chi connectivity index (χ2n) is 8.79. The predicted molar refractivity (Wildman–Crippen MR) is 120 cm³/mol. The summed E-state index contributed by atoms with van der Waals surface area (Å²) in [5, 5.41) is 21.6. The fraction of sp³-hybridized carbons (Fsp3) is 0.640. The van der Waals surface area contributed by atoms with Crippen molar-refractivity contribution >= 4 is 17.7 Å². The molecule has 0 spiro atoms. The number of phenols is 1. The van der Waals surface area contributed by atoms with Crippen molar-refractivity contribution in [2.24, 2.45) is 11.8 Å². The summed E-state index contributed by atoms with van der Waals surface area (Å²) in [4.78, 5) is 37.6. The van der Waals surface area contributed by atoms with E-state index < -0.39 is 12.0 Å². The van der Waals surface area contributed by atoms with Crippen LogP contribution in [0, 0.1) is 11.8 Å².